The summed E-state index contributed by atoms with van der Waals surface area (Å²) < 4.78 is 5.45. The van der Waals surface area contributed by atoms with Gasteiger partial charge in [-0.05, 0) is 20.0 Å². The van der Waals surface area contributed by atoms with Gasteiger partial charge in [-0.15, -0.1) is 0 Å². The number of nitrogens with one attached hydrogen (secondary N) is 1. The van der Waals surface area contributed by atoms with Gasteiger partial charge >= 0.3 is 0 Å². The van der Waals surface area contributed by atoms with Crippen molar-refractivity contribution in [2.75, 3.05) is 64.4 Å². The van der Waals surface area contributed by atoms with Crippen molar-refractivity contribution in [2.45, 2.75) is 12.8 Å². The number of aryl methyl sites for hydroxylation is 1. The highest BCUT2D eigenvalue weighted by atomic mass is 16.5. The molecule has 1 atom stereocenters. The molecule has 1 unspecified atom stereocenters. The van der Waals surface area contributed by atoms with Gasteiger partial charge in [0.1, 0.15) is 0 Å². The molecule has 5 heterocycles. The summed E-state index contributed by atoms with van der Waals surface area (Å²) in [6.07, 6.45) is 3.50. The van der Waals surface area contributed by atoms with Crippen LogP contribution in [0.4, 0.5) is 5.95 Å². The van der Waals surface area contributed by atoms with E-state index >= 15 is 0 Å². The lowest BCUT2D eigenvalue weighted by Crippen LogP contribution is -2.61. The van der Waals surface area contributed by atoms with Gasteiger partial charge in [-0.25, -0.2) is 9.97 Å². The van der Waals surface area contributed by atoms with Crippen LogP contribution < -0.4 is 4.90 Å². The smallest absolute Gasteiger partial charge is 0.257 e. The molecule has 2 aromatic rings. The van der Waals surface area contributed by atoms with Gasteiger partial charge in [0.25, 0.3) is 5.91 Å². The maximum atomic E-state index is 12.8. The summed E-state index contributed by atoms with van der Waals surface area (Å²) >= 11 is 0. The van der Waals surface area contributed by atoms with E-state index in [1.807, 2.05) is 24.1 Å². The first-order valence-corrected chi connectivity index (χ1v) is 10.2. The number of hydrogen-bond acceptors (Lipinski definition) is 7. The summed E-state index contributed by atoms with van der Waals surface area (Å²) in [4.78, 5) is 28.8. The Kier molecular flexibility index (Phi) is 4.51. The summed E-state index contributed by atoms with van der Waals surface area (Å²) in [5.74, 6) is 1.15. The van der Waals surface area contributed by atoms with Crippen LogP contribution in [0.2, 0.25) is 0 Å². The van der Waals surface area contributed by atoms with Gasteiger partial charge in [-0.3, -0.25) is 9.89 Å². The van der Waals surface area contributed by atoms with Crippen LogP contribution in [0.5, 0.6) is 0 Å². The molecule has 1 N–H and O–H groups in total. The number of nitrogens with zero attached hydrogens (tertiary/aromatic N) is 6. The summed E-state index contributed by atoms with van der Waals surface area (Å²) in [6, 6.07) is 2.04. The number of hydrogen-bond donors (Lipinski definition) is 1. The maximum Gasteiger partial charge on any atom is 0.257 e. The molecule has 3 saturated heterocycles. The predicted octanol–water partition coefficient (Wildman–Crippen LogP) is 0.516. The van der Waals surface area contributed by atoms with Crippen LogP contribution in [0.3, 0.4) is 0 Å². The lowest BCUT2D eigenvalue weighted by molar-refractivity contribution is 0.00349. The number of likely N-dealkylation sites (tertiary alicyclic amines) is 2. The SMILES string of the molecule is Cc1[nH]ncc1C(=O)N1CC2(CN(C)CC2c2ccnc(N3CCOCC3)n2)C1. The Balaban J connectivity index is 1.35. The van der Waals surface area contributed by atoms with Crippen LogP contribution in [0.1, 0.15) is 27.7 Å². The number of rotatable bonds is 3. The van der Waals surface area contributed by atoms with E-state index in [1.54, 1.807) is 6.20 Å². The zero-order chi connectivity index (χ0) is 20.0. The highest BCUT2D eigenvalue weighted by molar-refractivity contribution is 5.95. The van der Waals surface area contributed by atoms with E-state index in [0.29, 0.717) is 24.7 Å². The minimum Gasteiger partial charge on any atom is -0.378 e. The van der Waals surface area contributed by atoms with Crippen LogP contribution in [-0.2, 0) is 4.74 Å². The number of carbonyl (C=O) groups is 1. The van der Waals surface area contributed by atoms with Gasteiger partial charge in [-0.1, -0.05) is 0 Å². The lowest BCUT2D eigenvalue weighted by Gasteiger charge is -2.51. The van der Waals surface area contributed by atoms with E-state index in [9.17, 15) is 4.79 Å². The van der Waals surface area contributed by atoms with Crippen molar-refractivity contribution in [2.24, 2.45) is 5.41 Å². The zero-order valence-corrected chi connectivity index (χ0v) is 17.0. The second-order valence-electron chi connectivity index (χ2n) is 8.56. The molecule has 0 bridgehead atoms. The molecule has 5 rings (SSSR count). The predicted molar refractivity (Wildman–Crippen MR) is 107 cm³/mol. The Hall–Kier alpha value is -2.52. The number of carbonyl (C=O) groups excluding carboxylic acids is 1. The molecule has 0 radical (unpaired) electrons. The summed E-state index contributed by atoms with van der Waals surface area (Å²) in [7, 11) is 2.15. The molecule has 2 aromatic heterocycles. The average molecular weight is 397 g/mol. The van der Waals surface area contributed by atoms with Gasteiger partial charge in [0, 0.05) is 62.5 Å². The van der Waals surface area contributed by atoms with Crippen LogP contribution >= 0.6 is 0 Å². The molecule has 1 amide bonds. The third-order valence-electron chi connectivity index (χ3n) is 6.49. The number of aromatic amines is 1. The fourth-order valence-corrected chi connectivity index (χ4v) is 5.01. The zero-order valence-electron chi connectivity index (χ0n) is 17.0. The number of anilines is 1. The largest absolute Gasteiger partial charge is 0.378 e. The Labute approximate surface area is 170 Å². The normalized spacial score (nSPS) is 24.1. The van der Waals surface area contributed by atoms with Gasteiger partial charge in [0.2, 0.25) is 5.95 Å². The monoisotopic (exact) mass is 397 g/mol. The van der Waals surface area contributed by atoms with Crippen molar-refractivity contribution in [3.63, 3.8) is 0 Å². The molecule has 0 saturated carbocycles. The standard InChI is InChI=1S/C20H27N7O2/c1-14-15(9-22-24-14)18(28)27-12-20(13-27)11-25(2)10-16(20)17-3-4-21-19(23-17)26-5-7-29-8-6-26/h3-4,9,16H,5-8,10-13H2,1-2H3,(H,22,24). The van der Waals surface area contributed by atoms with Crippen LogP contribution in [0.15, 0.2) is 18.5 Å². The first-order chi connectivity index (χ1) is 14.1. The van der Waals surface area contributed by atoms with Crippen molar-refractivity contribution >= 4 is 11.9 Å². The van der Waals surface area contributed by atoms with Crippen molar-refractivity contribution in [1.82, 2.24) is 30.0 Å². The number of likely N-dealkylation sites (N-methyl/N-ethyl adjacent to an activating group) is 1. The second-order valence-corrected chi connectivity index (χ2v) is 8.56. The number of aromatic nitrogens is 4. The van der Waals surface area contributed by atoms with Gasteiger partial charge in [0.15, 0.2) is 0 Å². The minimum atomic E-state index is 0.0542. The van der Waals surface area contributed by atoms with Crippen molar-refractivity contribution in [1.29, 1.82) is 0 Å². The Morgan fingerprint density at radius 1 is 1.28 bits per heavy atom. The summed E-state index contributed by atoms with van der Waals surface area (Å²) in [6.45, 7) is 8.40. The van der Waals surface area contributed by atoms with Crippen LogP contribution in [-0.4, -0.2) is 95.4 Å². The van der Waals surface area contributed by atoms with E-state index in [1.165, 1.54) is 0 Å². The van der Waals surface area contributed by atoms with Gasteiger partial charge in [0.05, 0.1) is 30.7 Å². The van der Waals surface area contributed by atoms with Gasteiger partial charge in [-0.2, -0.15) is 5.10 Å². The van der Waals surface area contributed by atoms with Gasteiger partial charge < -0.3 is 19.4 Å². The van der Waals surface area contributed by atoms with E-state index in [0.717, 1.165) is 56.6 Å². The number of ether oxygens (including phenoxy) is 1. The van der Waals surface area contributed by atoms with E-state index in [4.69, 9.17) is 9.72 Å². The quantitative estimate of drug-likeness (QED) is 0.807. The summed E-state index contributed by atoms with van der Waals surface area (Å²) in [5.41, 5.74) is 2.62. The molecular formula is C20H27N7O2. The second kappa shape index (κ2) is 7.07. The Morgan fingerprint density at radius 3 is 2.79 bits per heavy atom. The Bertz CT molecular complexity index is 902. The molecular weight excluding hydrogens is 370 g/mol. The molecule has 1 spiro atoms. The third-order valence-corrected chi connectivity index (χ3v) is 6.49. The fraction of sp³-hybridized carbons (Fsp3) is 0.600. The van der Waals surface area contributed by atoms with E-state index < -0.39 is 0 Å². The van der Waals surface area contributed by atoms with Crippen LogP contribution in [0.25, 0.3) is 0 Å². The molecule has 154 valence electrons. The molecule has 3 fully saturated rings. The van der Waals surface area contributed by atoms with Crippen molar-refractivity contribution in [3.05, 3.63) is 35.4 Å². The lowest BCUT2D eigenvalue weighted by atomic mass is 9.70. The summed E-state index contributed by atoms with van der Waals surface area (Å²) in [5, 5.41) is 6.85. The minimum absolute atomic E-state index is 0.0542. The molecule has 3 aliphatic heterocycles. The van der Waals surface area contributed by atoms with E-state index in [-0.39, 0.29) is 11.3 Å². The van der Waals surface area contributed by atoms with Crippen molar-refractivity contribution in [3.8, 4) is 0 Å². The average Bonchev–Trinajstić information content (AvgIpc) is 3.30. The molecule has 3 aliphatic rings. The number of amides is 1. The van der Waals surface area contributed by atoms with Crippen LogP contribution in [0, 0.1) is 12.3 Å². The first-order valence-electron chi connectivity index (χ1n) is 10.2. The topological polar surface area (TPSA) is 90.5 Å². The number of morpholine rings is 1. The van der Waals surface area contributed by atoms with Crippen molar-refractivity contribution < 1.29 is 9.53 Å². The molecule has 29 heavy (non-hydrogen) atoms. The van der Waals surface area contributed by atoms with E-state index in [2.05, 4.69) is 32.0 Å². The Morgan fingerprint density at radius 2 is 2.07 bits per heavy atom. The number of H-pyrrole nitrogens is 1. The maximum absolute atomic E-state index is 12.8. The highest BCUT2D eigenvalue weighted by Crippen LogP contribution is 2.48. The third kappa shape index (κ3) is 3.18. The highest BCUT2D eigenvalue weighted by Gasteiger charge is 2.55. The molecule has 9 heteroatoms. The molecule has 9 nitrogen and oxygen atoms in total. The molecule has 0 aliphatic carbocycles. The fourth-order valence-electron chi connectivity index (χ4n) is 5.01. The molecule has 0 aromatic carbocycles. The first kappa shape index (κ1) is 18.5.